The molecule has 94 valence electrons. The fraction of sp³-hybridized carbons (Fsp3) is 0. The Balaban J connectivity index is 2.11. The number of aromatic nitrogens is 2. The normalized spacial score (nSPS) is 10.8. The second-order valence-electron chi connectivity index (χ2n) is 3.80. The van der Waals surface area contributed by atoms with E-state index in [1.54, 1.807) is 24.3 Å². The first-order valence-corrected chi connectivity index (χ1v) is 5.68. The number of nitrogens with zero attached hydrogens (tertiary/aromatic N) is 3. The Morgan fingerprint density at radius 2 is 2.00 bits per heavy atom. The lowest BCUT2D eigenvalue weighted by molar-refractivity contribution is -0.385. The second-order valence-corrected chi connectivity index (χ2v) is 4.23. The van der Waals surface area contributed by atoms with Crippen LogP contribution in [0.1, 0.15) is 0 Å². The van der Waals surface area contributed by atoms with Gasteiger partial charge in [0.1, 0.15) is 6.20 Å². The fourth-order valence-electron chi connectivity index (χ4n) is 1.63. The van der Waals surface area contributed by atoms with Gasteiger partial charge in [0, 0.05) is 10.6 Å². The van der Waals surface area contributed by atoms with Gasteiger partial charge in [-0.05, 0) is 24.3 Å². The highest BCUT2D eigenvalue weighted by Gasteiger charge is 2.13. The van der Waals surface area contributed by atoms with Crippen LogP contribution in [0.3, 0.4) is 0 Å². The molecule has 19 heavy (non-hydrogen) atoms. The van der Waals surface area contributed by atoms with Crippen LogP contribution in [0.2, 0.25) is 5.02 Å². The van der Waals surface area contributed by atoms with E-state index in [1.807, 2.05) is 0 Å². The smallest absolute Gasteiger partial charge is 0.291 e. The number of fused-ring (bicyclic) bond motifs is 1. The van der Waals surface area contributed by atoms with Gasteiger partial charge in [-0.15, -0.1) is 0 Å². The number of nitro groups is 1. The van der Waals surface area contributed by atoms with Crippen LogP contribution in [0.15, 0.2) is 40.9 Å². The van der Waals surface area contributed by atoms with E-state index in [4.69, 9.17) is 16.0 Å². The van der Waals surface area contributed by atoms with Gasteiger partial charge in [0.25, 0.3) is 5.69 Å². The zero-order chi connectivity index (χ0) is 13.4. The van der Waals surface area contributed by atoms with Crippen molar-refractivity contribution >= 4 is 28.5 Å². The molecule has 0 spiro atoms. The Hall–Kier alpha value is -2.47. The predicted octanol–water partition coefficient (Wildman–Crippen LogP) is 3.45. The van der Waals surface area contributed by atoms with Crippen molar-refractivity contribution in [2.45, 2.75) is 0 Å². The third kappa shape index (κ3) is 2.13. The van der Waals surface area contributed by atoms with E-state index in [9.17, 15) is 10.1 Å². The SMILES string of the molecule is O=[N+]([O-])c1cnc2nc(-c3ccc(Cl)cc3)oc2c1. The molecule has 2 aromatic heterocycles. The molecule has 0 unspecified atom stereocenters. The minimum Gasteiger partial charge on any atom is -0.434 e. The Labute approximate surface area is 111 Å². The minimum atomic E-state index is -0.531. The summed E-state index contributed by atoms with van der Waals surface area (Å²) in [7, 11) is 0. The third-order valence-corrected chi connectivity index (χ3v) is 2.79. The zero-order valence-corrected chi connectivity index (χ0v) is 10.2. The monoisotopic (exact) mass is 275 g/mol. The number of hydrogen-bond acceptors (Lipinski definition) is 5. The molecular weight excluding hydrogens is 270 g/mol. The van der Waals surface area contributed by atoms with Crippen molar-refractivity contribution in [3.05, 3.63) is 51.7 Å². The topological polar surface area (TPSA) is 82.1 Å². The molecule has 0 N–H and O–H groups in total. The molecule has 7 heteroatoms. The molecule has 0 aliphatic rings. The number of rotatable bonds is 2. The maximum Gasteiger partial charge on any atom is 0.291 e. The third-order valence-electron chi connectivity index (χ3n) is 2.53. The molecule has 0 atom stereocenters. The van der Waals surface area contributed by atoms with Crippen molar-refractivity contribution in [3.63, 3.8) is 0 Å². The molecule has 0 radical (unpaired) electrons. The Morgan fingerprint density at radius 1 is 1.26 bits per heavy atom. The molecule has 3 rings (SSSR count). The fourth-order valence-corrected chi connectivity index (χ4v) is 1.75. The van der Waals surface area contributed by atoms with Crippen LogP contribution in [0.25, 0.3) is 22.7 Å². The van der Waals surface area contributed by atoms with E-state index in [2.05, 4.69) is 9.97 Å². The molecule has 0 fully saturated rings. The van der Waals surface area contributed by atoms with Crippen molar-refractivity contribution < 1.29 is 9.34 Å². The van der Waals surface area contributed by atoms with E-state index >= 15 is 0 Å². The maximum absolute atomic E-state index is 10.6. The number of benzene rings is 1. The van der Waals surface area contributed by atoms with Crippen molar-refractivity contribution in [1.82, 2.24) is 9.97 Å². The van der Waals surface area contributed by atoms with E-state index in [0.29, 0.717) is 16.6 Å². The molecule has 0 saturated carbocycles. The summed E-state index contributed by atoms with van der Waals surface area (Å²) in [5.41, 5.74) is 1.20. The summed E-state index contributed by atoms with van der Waals surface area (Å²) in [6.45, 7) is 0. The van der Waals surface area contributed by atoms with Crippen LogP contribution in [0.5, 0.6) is 0 Å². The standard InChI is InChI=1S/C12H6ClN3O3/c13-8-3-1-7(2-4-8)12-15-11-10(19-12)5-9(6-14-11)16(17)18/h1-6H. The summed E-state index contributed by atoms with van der Waals surface area (Å²) in [6, 6.07) is 8.22. The van der Waals surface area contributed by atoms with Gasteiger partial charge < -0.3 is 4.42 Å². The molecule has 0 aliphatic carbocycles. The van der Waals surface area contributed by atoms with Crippen LogP contribution >= 0.6 is 11.6 Å². The lowest BCUT2D eigenvalue weighted by Crippen LogP contribution is -1.88. The highest BCUT2D eigenvalue weighted by Crippen LogP contribution is 2.26. The molecular formula is C12H6ClN3O3. The van der Waals surface area contributed by atoms with Gasteiger partial charge in [-0.25, -0.2) is 4.98 Å². The highest BCUT2D eigenvalue weighted by molar-refractivity contribution is 6.30. The highest BCUT2D eigenvalue weighted by atomic mass is 35.5. The predicted molar refractivity (Wildman–Crippen MR) is 68.9 cm³/mol. The summed E-state index contributed by atoms with van der Waals surface area (Å²) >= 11 is 5.80. The van der Waals surface area contributed by atoms with Crippen LogP contribution in [0, 0.1) is 10.1 Å². The molecule has 0 saturated heterocycles. The van der Waals surface area contributed by atoms with Crippen LogP contribution in [0.4, 0.5) is 5.69 Å². The lowest BCUT2D eigenvalue weighted by Gasteiger charge is -1.93. The molecule has 0 aliphatic heterocycles. The van der Waals surface area contributed by atoms with Crippen LogP contribution in [-0.2, 0) is 0 Å². The Kier molecular flexibility index (Phi) is 2.64. The van der Waals surface area contributed by atoms with Crippen LogP contribution < -0.4 is 0 Å². The van der Waals surface area contributed by atoms with E-state index < -0.39 is 4.92 Å². The van der Waals surface area contributed by atoms with E-state index in [1.165, 1.54) is 6.07 Å². The lowest BCUT2D eigenvalue weighted by atomic mass is 10.2. The number of oxazole rings is 1. The zero-order valence-electron chi connectivity index (χ0n) is 9.41. The quantitative estimate of drug-likeness (QED) is 0.528. The summed E-state index contributed by atoms with van der Waals surface area (Å²) in [5.74, 6) is 0.347. The Morgan fingerprint density at radius 3 is 2.68 bits per heavy atom. The molecule has 6 nitrogen and oxygen atoms in total. The number of hydrogen-bond donors (Lipinski definition) is 0. The maximum atomic E-state index is 10.6. The van der Waals surface area contributed by atoms with Crippen molar-refractivity contribution in [3.8, 4) is 11.5 Å². The van der Waals surface area contributed by atoms with Crippen molar-refractivity contribution in [2.24, 2.45) is 0 Å². The molecule has 3 aromatic rings. The largest absolute Gasteiger partial charge is 0.434 e. The van der Waals surface area contributed by atoms with E-state index in [0.717, 1.165) is 11.8 Å². The summed E-state index contributed by atoms with van der Waals surface area (Å²) < 4.78 is 5.46. The first kappa shape index (κ1) is 11.6. The van der Waals surface area contributed by atoms with Gasteiger partial charge in [-0.1, -0.05) is 11.6 Å². The van der Waals surface area contributed by atoms with Gasteiger partial charge in [0.05, 0.1) is 11.0 Å². The average Bonchev–Trinajstić information content (AvgIpc) is 2.82. The molecule has 0 amide bonds. The van der Waals surface area contributed by atoms with E-state index in [-0.39, 0.29) is 11.3 Å². The number of pyridine rings is 1. The first-order valence-electron chi connectivity index (χ1n) is 5.30. The second kappa shape index (κ2) is 4.33. The summed E-state index contributed by atoms with van der Waals surface area (Å²) in [5, 5.41) is 11.3. The van der Waals surface area contributed by atoms with Gasteiger partial charge in [0.2, 0.25) is 5.89 Å². The van der Waals surface area contributed by atoms with Crippen molar-refractivity contribution in [2.75, 3.05) is 0 Å². The first-order chi connectivity index (χ1) is 9.13. The van der Waals surface area contributed by atoms with Gasteiger partial charge in [-0.3, -0.25) is 10.1 Å². The van der Waals surface area contributed by atoms with Gasteiger partial charge in [0.15, 0.2) is 11.2 Å². The summed E-state index contributed by atoms with van der Waals surface area (Å²) in [6.07, 6.45) is 1.15. The van der Waals surface area contributed by atoms with Crippen molar-refractivity contribution in [1.29, 1.82) is 0 Å². The number of halogens is 1. The minimum absolute atomic E-state index is 0.133. The summed E-state index contributed by atoms with van der Waals surface area (Å²) in [4.78, 5) is 18.2. The van der Waals surface area contributed by atoms with Crippen LogP contribution in [-0.4, -0.2) is 14.9 Å². The average molecular weight is 276 g/mol. The molecule has 0 bridgehead atoms. The molecule has 2 heterocycles. The van der Waals surface area contributed by atoms with Gasteiger partial charge >= 0.3 is 0 Å². The van der Waals surface area contributed by atoms with Gasteiger partial charge in [-0.2, -0.15) is 4.98 Å². The molecule has 1 aromatic carbocycles. The Bertz CT molecular complexity index is 767.